The van der Waals surface area contributed by atoms with Gasteiger partial charge >= 0.3 is 0 Å². The van der Waals surface area contributed by atoms with Crippen molar-refractivity contribution in [2.24, 2.45) is 0 Å². The van der Waals surface area contributed by atoms with Gasteiger partial charge in [0.1, 0.15) is 17.7 Å². The molecule has 0 spiro atoms. The molecule has 1 aliphatic rings. The Kier molecular flexibility index (Phi) is 4.06. The molecule has 1 saturated heterocycles. The van der Waals surface area contributed by atoms with Crippen LogP contribution in [0, 0.1) is 0 Å². The molecule has 2 N–H and O–H groups in total. The highest BCUT2D eigenvalue weighted by molar-refractivity contribution is 5.99. The lowest BCUT2D eigenvalue weighted by atomic mass is 10.0. The zero-order valence-corrected chi connectivity index (χ0v) is 14.6. The van der Waals surface area contributed by atoms with Crippen LogP contribution in [0.4, 0.5) is 5.82 Å². The van der Waals surface area contributed by atoms with Crippen LogP contribution in [0.3, 0.4) is 0 Å². The molecule has 4 heteroatoms. The maximum absolute atomic E-state index is 6.27. The van der Waals surface area contributed by atoms with Crippen LogP contribution in [0.5, 0.6) is 5.75 Å². The Morgan fingerprint density at radius 2 is 1.76 bits per heavy atom. The number of hydrogen-bond donors (Lipinski definition) is 1. The monoisotopic (exact) mass is 333 g/mol. The van der Waals surface area contributed by atoms with Crippen LogP contribution >= 0.6 is 0 Å². The topological polar surface area (TPSA) is 51.4 Å². The predicted molar refractivity (Wildman–Crippen MR) is 103 cm³/mol. The van der Waals surface area contributed by atoms with E-state index in [4.69, 9.17) is 10.5 Å². The predicted octanol–water partition coefficient (Wildman–Crippen LogP) is 3.96. The van der Waals surface area contributed by atoms with Crippen molar-refractivity contribution < 1.29 is 4.74 Å². The molecular formula is C21H23N3O. The Morgan fingerprint density at radius 3 is 2.48 bits per heavy atom. The number of ether oxygens (including phenoxy) is 1. The Balaban J connectivity index is 1.68. The second-order valence-corrected chi connectivity index (χ2v) is 6.89. The number of aromatic nitrogens is 1. The SMILES string of the molecule is CC(C)N1CC(Oc2ccc(-c3cccc(N)n3)c3ccccc23)C1. The highest BCUT2D eigenvalue weighted by Crippen LogP contribution is 2.35. The second kappa shape index (κ2) is 6.37. The van der Waals surface area contributed by atoms with Crippen LogP contribution in [-0.2, 0) is 0 Å². The molecule has 2 heterocycles. The molecule has 25 heavy (non-hydrogen) atoms. The first-order valence-corrected chi connectivity index (χ1v) is 8.77. The number of nitrogen functional groups attached to an aromatic ring is 1. The number of benzene rings is 2. The Hall–Kier alpha value is -2.59. The first kappa shape index (κ1) is 15.9. The minimum Gasteiger partial charge on any atom is -0.487 e. The van der Waals surface area contributed by atoms with Crippen molar-refractivity contribution in [3.8, 4) is 17.0 Å². The van der Waals surface area contributed by atoms with Crippen molar-refractivity contribution in [3.63, 3.8) is 0 Å². The van der Waals surface area contributed by atoms with Crippen LogP contribution in [-0.4, -0.2) is 35.1 Å². The highest BCUT2D eigenvalue weighted by atomic mass is 16.5. The normalized spacial score (nSPS) is 15.5. The zero-order chi connectivity index (χ0) is 17.4. The number of nitrogens with two attached hydrogens (primary N) is 1. The molecule has 2 aromatic carbocycles. The summed E-state index contributed by atoms with van der Waals surface area (Å²) in [4.78, 5) is 6.89. The fraction of sp³-hybridized carbons (Fsp3) is 0.286. The van der Waals surface area contributed by atoms with Crippen molar-refractivity contribution in [1.29, 1.82) is 0 Å². The van der Waals surface area contributed by atoms with Gasteiger partial charge in [-0.1, -0.05) is 30.3 Å². The zero-order valence-electron chi connectivity index (χ0n) is 14.6. The van der Waals surface area contributed by atoms with Crippen molar-refractivity contribution >= 4 is 16.6 Å². The molecule has 0 bridgehead atoms. The molecule has 0 aliphatic carbocycles. The fourth-order valence-corrected chi connectivity index (χ4v) is 3.34. The maximum Gasteiger partial charge on any atom is 0.127 e. The maximum atomic E-state index is 6.27. The quantitative estimate of drug-likeness (QED) is 0.785. The van der Waals surface area contributed by atoms with Gasteiger partial charge in [0.25, 0.3) is 0 Å². The molecule has 1 aliphatic heterocycles. The van der Waals surface area contributed by atoms with Gasteiger partial charge in [0.15, 0.2) is 0 Å². The van der Waals surface area contributed by atoms with Gasteiger partial charge in [-0.25, -0.2) is 4.98 Å². The number of nitrogens with zero attached hydrogens (tertiary/aromatic N) is 2. The standard InChI is InChI=1S/C21H23N3O/c1-14(2)24-12-15(13-24)25-20-11-10-17(16-6-3-4-7-18(16)20)19-8-5-9-21(22)23-19/h3-11,14-15H,12-13H2,1-2H3,(H2,22,23). The number of anilines is 1. The van der Waals surface area contributed by atoms with Gasteiger partial charge in [-0.05, 0) is 43.5 Å². The fourth-order valence-electron chi connectivity index (χ4n) is 3.34. The van der Waals surface area contributed by atoms with Gasteiger partial charge in [-0.3, -0.25) is 4.90 Å². The lowest BCUT2D eigenvalue weighted by Crippen LogP contribution is -2.56. The molecule has 0 amide bonds. The summed E-state index contributed by atoms with van der Waals surface area (Å²) >= 11 is 0. The van der Waals surface area contributed by atoms with Gasteiger partial charge in [-0.2, -0.15) is 0 Å². The van der Waals surface area contributed by atoms with E-state index in [-0.39, 0.29) is 6.10 Å². The molecule has 4 nitrogen and oxygen atoms in total. The molecule has 4 rings (SSSR count). The van der Waals surface area contributed by atoms with Crippen LogP contribution < -0.4 is 10.5 Å². The summed E-state index contributed by atoms with van der Waals surface area (Å²) < 4.78 is 6.27. The van der Waals surface area contributed by atoms with Crippen LogP contribution in [0.25, 0.3) is 22.0 Å². The van der Waals surface area contributed by atoms with E-state index < -0.39 is 0 Å². The third-order valence-electron chi connectivity index (χ3n) is 4.83. The summed E-state index contributed by atoms with van der Waals surface area (Å²) in [7, 11) is 0. The number of pyridine rings is 1. The van der Waals surface area contributed by atoms with Crippen LogP contribution in [0.1, 0.15) is 13.8 Å². The van der Waals surface area contributed by atoms with Gasteiger partial charge in [-0.15, -0.1) is 0 Å². The Bertz CT molecular complexity index is 901. The molecule has 0 atom stereocenters. The van der Waals surface area contributed by atoms with Crippen molar-refractivity contribution in [2.45, 2.75) is 26.0 Å². The molecule has 0 saturated carbocycles. The minimum atomic E-state index is 0.266. The highest BCUT2D eigenvalue weighted by Gasteiger charge is 2.30. The number of fused-ring (bicyclic) bond motifs is 1. The third kappa shape index (κ3) is 3.05. The minimum absolute atomic E-state index is 0.266. The van der Waals surface area contributed by atoms with E-state index in [9.17, 15) is 0 Å². The lowest BCUT2D eigenvalue weighted by molar-refractivity contribution is 0.000987. The average molecular weight is 333 g/mol. The summed E-state index contributed by atoms with van der Waals surface area (Å²) in [5.74, 6) is 1.47. The van der Waals surface area contributed by atoms with Gasteiger partial charge < -0.3 is 10.5 Å². The van der Waals surface area contributed by atoms with E-state index in [0.717, 1.165) is 40.9 Å². The van der Waals surface area contributed by atoms with E-state index in [1.165, 1.54) is 0 Å². The largest absolute Gasteiger partial charge is 0.487 e. The average Bonchev–Trinajstić information content (AvgIpc) is 2.57. The summed E-state index contributed by atoms with van der Waals surface area (Å²) in [6.45, 7) is 6.42. The second-order valence-electron chi connectivity index (χ2n) is 6.89. The van der Waals surface area contributed by atoms with Gasteiger partial charge in [0.2, 0.25) is 0 Å². The van der Waals surface area contributed by atoms with Crippen molar-refractivity contribution in [3.05, 3.63) is 54.6 Å². The molecule has 3 aromatic rings. The van der Waals surface area contributed by atoms with E-state index in [0.29, 0.717) is 11.9 Å². The number of rotatable bonds is 4. The summed E-state index contributed by atoms with van der Waals surface area (Å²) in [5.41, 5.74) is 7.82. The Morgan fingerprint density at radius 1 is 1.00 bits per heavy atom. The van der Waals surface area contributed by atoms with Crippen molar-refractivity contribution in [2.75, 3.05) is 18.8 Å². The number of likely N-dealkylation sites (tertiary alicyclic amines) is 1. The third-order valence-corrected chi connectivity index (χ3v) is 4.83. The van der Waals surface area contributed by atoms with Gasteiger partial charge in [0, 0.05) is 30.1 Å². The van der Waals surface area contributed by atoms with Gasteiger partial charge in [0.05, 0.1) is 5.69 Å². The molecule has 1 aromatic heterocycles. The number of hydrogen-bond acceptors (Lipinski definition) is 4. The summed E-state index contributed by atoms with van der Waals surface area (Å²) in [6, 6.07) is 18.8. The van der Waals surface area contributed by atoms with E-state index in [1.54, 1.807) is 6.07 Å². The van der Waals surface area contributed by atoms with Crippen LogP contribution in [0.2, 0.25) is 0 Å². The van der Waals surface area contributed by atoms with E-state index in [2.05, 4.69) is 48.0 Å². The first-order chi connectivity index (χ1) is 12.1. The van der Waals surface area contributed by atoms with Crippen LogP contribution in [0.15, 0.2) is 54.6 Å². The molecule has 0 unspecified atom stereocenters. The van der Waals surface area contributed by atoms with E-state index in [1.807, 2.05) is 24.3 Å². The van der Waals surface area contributed by atoms with Crippen molar-refractivity contribution in [1.82, 2.24) is 9.88 Å². The Labute approximate surface area is 148 Å². The molecule has 128 valence electrons. The first-order valence-electron chi connectivity index (χ1n) is 8.77. The summed E-state index contributed by atoms with van der Waals surface area (Å²) in [5, 5.41) is 2.25. The lowest BCUT2D eigenvalue weighted by Gasteiger charge is -2.41. The van der Waals surface area contributed by atoms with E-state index >= 15 is 0 Å². The molecular weight excluding hydrogens is 310 g/mol. The molecule has 1 fully saturated rings. The molecule has 0 radical (unpaired) electrons. The summed E-state index contributed by atoms with van der Waals surface area (Å²) in [6.07, 6.45) is 0.266. The smallest absolute Gasteiger partial charge is 0.127 e.